The van der Waals surface area contributed by atoms with Gasteiger partial charge >= 0.3 is 24.4 Å². The molecule has 1 unspecified atom stereocenters. The van der Waals surface area contributed by atoms with Gasteiger partial charge in [0.2, 0.25) is 5.91 Å². The second kappa shape index (κ2) is 11.1. The average molecular weight is 604 g/mol. The normalized spacial score (nSPS) is 23.5. The van der Waals surface area contributed by atoms with Crippen molar-refractivity contribution in [3.63, 3.8) is 0 Å². The van der Waals surface area contributed by atoms with Gasteiger partial charge in [-0.15, -0.1) is 0 Å². The number of amides is 3. The van der Waals surface area contributed by atoms with Crippen LogP contribution in [0.25, 0.3) is 0 Å². The van der Waals surface area contributed by atoms with Gasteiger partial charge < -0.3 is 20.6 Å². The van der Waals surface area contributed by atoms with Crippen LogP contribution in [0, 0.1) is 18.7 Å². The zero-order chi connectivity index (χ0) is 31.2. The zero-order valence-electron chi connectivity index (χ0n) is 22.5. The summed E-state index contributed by atoms with van der Waals surface area (Å²) in [7, 11) is 0. The van der Waals surface area contributed by atoms with Crippen molar-refractivity contribution in [2.45, 2.75) is 63.0 Å². The fourth-order valence-electron chi connectivity index (χ4n) is 5.71. The highest BCUT2D eigenvalue weighted by Gasteiger charge is 2.52. The maximum absolute atomic E-state index is 13.9. The van der Waals surface area contributed by atoms with Gasteiger partial charge in [-0.05, 0) is 79.1 Å². The molecule has 0 saturated carbocycles. The molecule has 2 saturated heterocycles. The molecule has 7 nitrogen and oxygen atoms in total. The minimum atomic E-state index is -5.02. The van der Waals surface area contributed by atoms with Crippen LogP contribution in [-0.4, -0.2) is 46.5 Å². The van der Waals surface area contributed by atoms with Crippen molar-refractivity contribution >= 4 is 17.9 Å². The summed E-state index contributed by atoms with van der Waals surface area (Å²) in [4.78, 5) is 38.7. The molecule has 0 aliphatic carbocycles. The third-order valence-corrected chi connectivity index (χ3v) is 7.98. The van der Waals surface area contributed by atoms with Crippen LogP contribution >= 0.6 is 0 Å². The number of nitrogens with one attached hydrogen (secondary N) is 2. The third kappa shape index (κ3) is 6.46. The molecule has 0 radical (unpaired) electrons. The number of rotatable bonds is 5. The van der Waals surface area contributed by atoms with E-state index >= 15 is 0 Å². The summed E-state index contributed by atoms with van der Waals surface area (Å²) in [6.07, 6.45) is -9.73. The van der Waals surface area contributed by atoms with E-state index in [1.165, 1.54) is 30.0 Å². The van der Waals surface area contributed by atoms with Gasteiger partial charge in [0.25, 0.3) is 0 Å². The van der Waals surface area contributed by atoms with Gasteiger partial charge in [0.1, 0.15) is 11.7 Å². The molecule has 3 amide bonds. The maximum atomic E-state index is 13.9. The average Bonchev–Trinajstić information content (AvgIpc) is 3.21. The van der Waals surface area contributed by atoms with E-state index in [2.05, 4.69) is 10.6 Å². The van der Waals surface area contributed by atoms with Gasteiger partial charge in [0, 0.05) is 18.6 Å². The van der Waals surface area contributed by atoms with Crippen LogP contribution in [0.1, 0.15) is 66.0 Å². The molecule has 0 aromatic heterocycles. The Balaban J connectivity index is 1.57. The van der Waals surface area contributed by atoms with E-state index in [9.17, 15) is 50.2 Å². The summed E-state index contributed by atoms with van der Waals surface area (Å²) in [5.74, 6) is -4.66. The van der Waals surface area contributed by atoms with Crippen LogP contribution in [0.5, 0.6) is 0 Å². The van der Waals surface area contributed by atoms with Crippen LogP contribution in [-0.2, 0) is 21.9 Å². The molecule has 3 N–H and O–H groups in total. The Bertz CT molecular complexity index is 1360. The van der Waals surface area contributed by atoms with Crippen LogP contribution in [0.4, 0.5) is 35.5 Å². The molecule has 4 atom stereocenters. The number of carboxylic acids is 1. The van der Waals surface area contributed by atoms with Crippen molar-refractivity contribution in [1.82, 2.24) is 15.5 Å². The molecule has 2 heterocycles. The molecule has 14 heteroatoms. The van der Waals surface area contributed by atoms with Crippen LogP contribution in [0.3, 0.4) is 0 Å². The van der Waals surface area contributed by atoms with Crippen LogP contribution < -0.4 is 10.6 Å². The maximum Gasteiger partial charge on any atom is 0.416 e. The number of hydrogen-bond acceptors (Lipinski definition) is 3. The highest BCUT2D eigenvalue weighted by Crippen LogP contribution is 2.44. The third-order valence-electron chi connectivity index (χ3n) is 7.98. The van der Waals surface area contributed by atoms with Crippen LogP contribution in [0.2, 0.25) is 0 Å². The number of urea groups is 1. The number of nitrogens with zero attached hydrogens (tertiary/aromatic N) is 1. The van der Waals surface area contributed by atoms with Crippen LogP contribution in [0.15, 0.2) is 36.4 Å². The quantitative estimate of drug-likeness (QED) is 0.298. The first kappa shape index (κ1) is 31.1. The molecule has 2 aliphatic heterocycles. The molecule has 2 aromatic rings. The molecule has 42 heavy (non-hydrogen) atoms. The van der Waals surface area contributed by atoms with Gasteiger partial charge in [-0.3, -0.25) is 9.59 Å². The van der Waals surface area contributed by atoms with E-state index in [4.69, 9.17) is 0 Å². The summed E-state index contributed by atoms with van der Waals surface area (Å²) in [6, 6.07) is 3.77. The number of piperidine rings is 1. The molecular formula is C28H28F7N3O4. The van der Waals surface area contributed by atoms with Crippen molar-refractivity contribution in [3.8, 4) is 0 Å². The summed E-state index contributed by atoms with van der Waals surface area (Å²) >= 11 is 0. The molecule has 2 aromatic carbocycles. The van der Waals surface area contributed by atoms with Crippen molar-refractivity contribution in [2.75, 3.05) is 13.1 Å². The van der Waals surface area contributed by atoms with E-state index in [1.807, 2.05) is 0 Å². The SMILES string of the molecule is Cc1cc(F)ccc1[C@H]1C[C@@]2(CCN1C(=O)NC[C@H](C)c1cc(C(F)(F)F)cc(C(F)(F)F)c1)CC(C(=O)O)C(=O)N2. The predicted octanol–water partition coefficient (Wildman–Crippen LogP) is 5.78. The first-order valence-corrected chi connectivity index (χ1v) is 13.0. The van der Waals surface area contributed by atoms with Gasteiger partial charge in [-0.25, -0.2) is 9.18 Å². The molecular weight excluding hydrogens is 575 g/mol. The number of halogens is 7. The lowest BCUT2D eigenvalue weighted by atomic mass is 9.77. The summed E-state index contributed by atoms with van der Waals surface area (Å²) in [5, 5.41) is 14.8. The van der Waals surface area contributed by atoms with E-state index in [0.29, 0.717) is 23.3 Å². The van der Waals surface area contributed by atoms with Crippen molar-refractivity contribution in [3.05, 3.63) is 70.0 Å². The fraction of sp³-hybridized carbons (Fsp3) is 0.464. The second-order valence-electron chi connectivity index (χ2n) is 11.0. The Morgan fingerprint density at radius 2 is 1.69 bits per heavy atom. The monoisotopic (exact) mass is 603 g/mol. The minimum absolute atomic E-state index is 0.0124. The number of alkyl halides is 6. The number of carboxylic acid groups (broad SMARTS) is 1. The Kier molecular flexibility index (Phi) is 8.22. The standard InChI is InChI=1S/C28H28F7N3O4/c1-14-7-19(29)3-4-20(14)22-12-26(11-21(24(40)41)23(39)37-26)5-6-38(22)25(42)36-13-15(2)16-8-17(27(30,31)32)10-18(9-16)28(33,34)35/h3-4,7-10,15,21-22H,5-6,11-13H2,1-2H3,(H,36,42)(H,37,39)(H,40,41)/t15-,21?,22+,26+/m0/s1. The van der Waals surface area contributed by atoms with Gasteiger partial charge in [-0.1, -0.05) is 13.0 Å². The highest BCUT2D eigenvalue weighted by atomic mass is 19.4. The molecule has 228 valence electrons. The topological polar surface area (TPSA) is 98.7 Å². The van der Waals surface area contributed by atoms with E-state index in [-0.39, 0.29) is 44.0 Å². The van der Waals surface area contributed by atoms with Crippen molar-refractivity contribution in [1.29, 1.82) is 0 Å². The number of likely N-dealkylation sites (tertiary alicyclic amines) is 1. The first-order chi connectivity index (χ1) is 19.4. The predicted molar refractivity (Wildman–Crippen MR) is 135 cm³/mol. The largest absolute Gasteiger partial charge is 0.481 e. The van der Waals surface area contributed by atoms with Gasteiger partial charge in [-0.2, -0.15) is 26.3 Å². The van der Waals surface area contributed by atoms with E-state index < -0.39 is 70.6 Å². The summed E-state index contributed by atoms with van der Waals surface area (Å²) < 4.78 is 93.7. The Morgan fingerprint density at radius 1 is 1.07 bits per heavy atom. The highest BCUT2D eigenvalue weighted by molar-refractivity contribution is 5.99. The number of carbonyl (C=O) groups excluding carboxylic acids is 2. The zero-order valence-corrected chi connectivity index (χ0v) is 22.5. The second-order valence-corrected chi connectivity index (χ2v) is 11.0. The molecule has 4 rings (SSSR count). The Labute approximate surface area is 236 Å². The molecule has 2 fully saturated rings. The van der Waals surface area contributed by atoms with Gasteiger partial charge in [0.15, 0.2) is 0 Å². The molecule has 2 aliphatic rings. The lowest BCUT2D eigenvalue weighted by Gasteiger charge is -2.45. The van der Waals surface area contributed by atoms with Crippen molar-refractivity contribution < 1.29 is 50.2 Å². The minimum Gasteiger partial charge on any atom is -0.481 e. The van der Waals surface area contributed by atoms with E-state index in [0.717, 1.165) is 0 Å². The number of aryl methyl sites for hydroxylation is 1. The molecule has 1 spiro atoms. The lowest BCUT2D eigenvalue weighted by Crippen LogP contribution is -2.55. The Hall–Kier alpha value is -3.84. The summed E-state index contributed by atoms with van der Waals surface area (Å²) in [6.45, 7) is 2.74. The van der Waals surface area contributed by atoms with E-state index in [1.54, 1.807) is 6.92 Å². The summed E-state index contributed by atoms with van der Waals surface area (Å²) in [5.41, 5.74) is -3.10. The Morgan fingerprint density at radius 3 is 2.21 bits per heavy atom. The number of benzene rings is 2. The first-order valence-electron chi connectivity index (χ1n) is 13.0. The van der Waals surface area contributed by atoms with Gasteiger partial charge in [0.05, 0.1) is 17.2 Å². The smallest absolute Gasteiger partial charge is 0.416 e. The number of carbonyl (C=O) groups is 3. The van der Waals surface area contributed by atoms with Crippen molar-refractivity contribution in [2.24, 2.45) is 5.92 Å². The number of hydrogen-bond donors (Lipinski definition) is 3. The fourth-order valence-corrected chi connectivity index (χ4v) is 5.71. The lowest BCUT2D eigenvalue weighted by molar-refractivity contribution is -0.146. The number of aliphatic carboxylic acids is 1. The molecule has 0 bridgehead atoms.